The normalized spacial score (nSPS) is 14.6. The average molecular weight is 463 g/mol. The van der Waals surface area contributed by atoms with Gasteiger partial charge < -0.3 is 10.1 Å². The molecule has 166 valence electrons. The van der Waals surface area contributed by atoms with Crippen molar-refractivity contribution in [2.75, 3.05) is 11.9 Å². The van der Waals surface area contributed by atoms with Gasteiger partial charge in [-0.05, 0) is 53.7 Å². The second-order valence-electron chi connectivity index (χ2n) is 7.13. The molecular weight excluding hydrogens is 443 g/mol. The molecule has 1 aliphatic rings. The van der Waals surface area contributed by atoms with Crippen LogP contribution in [0.2, 0.25) is 0 Å². The molecule has 0 unspecified atom stereocenters. The minimum atomic E-state index is -0.536. The summed E-state index contributed by atoms with van der Waals surface area (Å²) >= 11 is 0.771. The third kappa shape index (κ3) is 5.67. The zero-order valence-corrected chi connectivity index (χ0v) is 18.2. The van der Waals surface area contributed by atoms with Crippen LogP contribution in [0.15, 0.2) is 83.8 Å². The molecule has 0 aliphatic carbocycles. The van der Waals surface area contributed by atoms with Crippen LogP contribution >= 0.6 is 11.8 Å². The number of amides is 3. The van der Waals surface area contributed by atoms with Crippen LogP contribution in [-0.2, 0) is 16.2 Å². The van der Waals surface area contributed by atoms with Crippen molar-refractivity contribution in [3.8, 4) is 5.75 Å². The summed E-state index contributed by atoms with van der Waals surface area (Å²) in [5.74, 6) is -0.855. The maximum Gasteiger partial charge on any atom is 0.294 e. The fraction of sp³-hybridized carbons (Fsp3) is 0.0800. The maximum atomic E-state index is 13.8. The summed E-state index contributed by atoms with van der Waals surface area (Å²) in [4.78, 5) is 38.4. The standard InChI is InChI=1S/C25H19FN2O4S/c26-21-12-5-4-8-18(21)16-32-20-11-6-7-17(13-20)14-22-24(30)28(25(31)33-22)15-23(29)27-19-9-2-1-3-10-19/h1-14H,15-16H2,(H,27,29)/b22-14+. The number of hydrogen-bond donors (Lipinski definition) is 1. The zero-order chi connectivity index (χ0) is 23.2. The first-order valence-corrected chi connectivity index (χ1v) is 10.9. The van der Waals surface area contributed by atoms with Gasteiger partial charge in [-0.3, -0.25) is 19.3 Å². The zero-order valence-electron chi connectivity index (χ0n) is 17.4. The second-order valence-corrected chi connectivity index (χ2v) is 8.13. The van der Waals surface area contributed by atoms with Crippen LogP contribution < -0.4 is 10.1 Å². The van der Waals surface area contributed by atoms with Gasteiger partial charge in [0, 0.05) is 11.3 Å². The van der Waals surface area contributed by atoms with Gasteiger partial charge in [0.2, 0.25) is 5.91 Å². The van der Waals surface area contributed by atoms with E-state index in [1.54, 1.807) is 72.8 Å². The lowest BCUT2D eigenvalue weighted by atomic mass is 10.2. The van der Waals surface area contributed by atoms with Gasteiger partial charge in [0.1, 0.15) is 24.7 Å². The summed E-state index contributed by atoms with van der Waals surface area (Å²) in [6.45, 7) is -0.314. The molecule has 0 saturated carbocycles. The van der Waals surface area contributed by atoms with Crippen LogP contribution in [0.3, 0.4) is 0 Å². The number of para-hydroxylation sites is 1. The molecule has 0 bridgehead atoms. The molecule has 1 aliphatic heterocycles. The third-order valence-corrected chi connectivity index (χ3v) is 5.65. The number of imide groups is 1. The summed E-state index contributed by atoms with van der Waals surface area (Å²) in [5, 5.41) is 2.14. The van der Waals surface area contributed by atoms with Gasteiger partial charge in [-0.25, -0.2) is 4.39 Å². The van der Waals surface area contributed by atoms with Gasteiger partial charge in [0.15, 0.2) is 0 Å². The molecule has 33 heavy (non-hydrogen) atoms. The number of nitrogens with one attached hydrogen (secondary N) is 1. The fourth-order valence-electron chi connectivity index (χ4n) is 3.12. The minimum Gasteiger partial charge on any atom is -0.489 e. The number of thioether (sulfide) groups is 1. The van der Waals surface area contributed by atoms with Gasteiger partial charge in [0.05, 0.1) is 4.91 Å². The Morgan fingerprint density at radius 2 is 1.76 bits per heavy atom. The lowest BCUT2D eigenvalue weighted by molar-refractivity contribution is -0.127. The van der Waals surface area contributed by atoms with E-state index >= 15 is 0 Å². The second kappa shape index (κ2) is 10.1. The summed E-state index contributed by atoms with van der Waals surface area (Å²) in [6, 6.07) is 22.0. The fourth-order valence-corrected chi connectivity index (χ4v) is 3.96. The molecule has 1 fully saturated rings. The van der Waals surface area contributed by atoms with Crippen molar-refractivity contribution < 1.29 is 23.5 Å². The van der Waals surface area contributed by atoms with E-state index in [2.05, 4.69) is 5.32 Å². The summed E-state index contributed by atoms with van der Waals surface area (Å²) in [7, 11) is 0. The summed E-state index contributed by atoms with van der Waals surface area (Å²) in [6.07, 6.45) is 1.57. The monoisotopic (exact) mass is 462 g/mol. The Bertz CT molecular complexity index is 1230. The quantitative estimate of drug-likeness (QED) is 0.496. The Balaban J connectivity index is 1.41. The molecule has 6 nitrogen and oxygen atoms in total. The number of nitrogens with zero attached hydrogens (tertiary/aromatic N) is 1. The Morgan fingerprint density at radius 3 is 2.55 bits per heavy atom. The highest BCUT2D eigenvalue weighted by Crippen LogP contribution is 2.32. The molecule has 0 spiro atoms. The van der Waals surface area contributed by atoms with E-state index in [-0.39, 0.29) is 23.9 Å². The van der Waals surface area contributed by atoms with Gasteiger partial charge >= 0.3 is 0 Å². The number of carbonyl (C=O) groups is 3. The lowest BCUT2D eigenvalue weighted by Gasteiger charge is -2.12. The lowest BCUT2D eigenvalue weighted by Crippen LogP contribution is -2.36. The molecule has 8 heteroatoms. The Kier molecular flexibility index (Phi) is 6.85. The number of ether oxygens (including phenoxy) is 1. The molecule has 3 amide bonds. The van der Waals surface area contributed by atoms with E-state index in [0.717, 1.165) is 16.7 Å². The van der Waals surface area contributed by atoms with E-state index in [1.807, 2.05) is 6.07 Å². The highest BCUT2D eigenvalue weighted by Gasteiger charge is 2.36. The van der Waals surface area contributed by atoms with Crippen molar-refractivity contribution in [3.05, 3.63) is 101 Å². The van der Waals surface area contributed by atoms with Crippen LogP contribution in [0.25, 0.3) is 6.08 Å². The van der Waals surface area contributed by atoms with E-state index in [9.17, 15) is 18.8 Å². The molecule has 0 aromatic heterocycles. The molecule has 1 heterocycles. The molecule has 3 aromatic carbocycles. The highest BCUT2D eigenvalue weighted by atomic mass is 32.2. The Morgan fingerprint density at radius 1 is 1.00 bits per heavy atom. The van der Waals surface area contributed by atoms with Crippen LogP contribution in [0.1, 0.15) is 11.1 Å². The van der Waals surface area contributed by atoms with Crippen molar-refractivity contribution in [2.45, 2.75) is 6.61 Å². The van der Waals surface area contributed by atoms with Gasteiger partial charge in [0.25, 0.3) is 11.1 Å². The smallest absolute Gasteiger partial charge is 0.294 e. The first-order chi connectivity index (χ1) is 16.0. The van der Waals surface area contributed by atoms with Gasteiger partial charge in [-0.15, -0.1) is 0 Å². The third-order valence-electron chi connectivity index (χ3n) is 4.74. The maximum absolute atomic E-state index is 13.8. The molecule has 4 rings (SSSR count). The van der Waals surface area contributed by atoms with Crippen molar-refractivity contribution >= 4 is 40.6 Å². The van der Waals surface area contributed by atoms with E-state index in [4.69, 9.17) is 4.74 Å². The highest BCUT2D eigenvalue weighted by molar-refractivity contribution is 8.18. The Hall–Kier alpha value is -3.91. The van der Waals surface area contributed by atoms with E-state index in [1.165, 1.54) is 6.07 Å². The van der Waals surface area contributed by atoms with Crippen molar-refractivity contribution in [2.24, 2.45) is 0 Å². The van der Waals surface area contributed by atoms with Crippen LogP contribution in [0, 0.1) is 5.82 Å². The molecular formula is C25H19FN2O4S. The number of rotatable bonds is 7. The Labute approximate surface area is 194 Å². The average Bonchev–Trinajstić information content (AvgIpc) is 3.06. The number of anilines is 1. The van der Waals surface area contributed by atoms with Crippen LogP contribution in [-0.4, -0.2) is 28.5 Å². The van der Waals surface area contributed by atoms with Gasteiger partial charge in [-0.1, -0.05) is 48.5 Å². The van der Waals surface area contributed by atoms with Crippen LogP contribution in [0.4, 0.5) is 14.9 Å². The molecule has 3 aromatic rings. The first kappa shape index (κ1) is 22.3. The molecule has 1 N–H and O–H groups in total. The summed E-state index contributed by atoms with van der Waals surface area (Å²) in [5.41, 5.74) is 1.65. The predicted octanol–water partition coefficient (Wildman–Crippen LogP) is 5.08. The minimum absolute atomic E-state index is 0.0587. The van der Waals surface area contributed by atoms with Crippen molar-refractivity contribution in [3.63, 3.8) is 0 Å². The van der Waals surface area contributed by atoms with Crippen molar-refractivity contribution in [1.29, 1.82) is 0 Å². The number of benzene rings is 3. The van der Waals surface area contributed by atoms with Crippen molar-refractivity contribution in [1.82, 2.24) is 4.90 Å². The van der Waals surface area contributed by atoms with E-state index < -0.39 is 17.1 Å². The van der Waals surface area contributed by atoms with Gasteiger partial charge in [-0.2, -0.15) is 0 Å². The number of hydrogen-bond acceptors (Lipinski definition) is 5. The number of halogens is 1. The first-order valence-electron chi connectivity index (χ1n) is 10.1. The molecule has 0 radical (unpaired) electrons. The predicted molar refractivity (Wildman–Crippen MR) is 125 cm³/mol. The SMILES string of the molecule is O=C(CN1C(=O)S/C(=C/c2cccc(OCc3ccccc3F)c2)C1=O)Nc1ccccc1. The molecule has 0 atom stereocenters. The van der Waals surface area contributed by atoms with E-state index in [0.29, 0.717) is 22.6 Å². The molecule has 1 saturated heterocycles. The van der Waals surface area contributed by atoms with Crippen LogP contribution in [0.5, 0.6) is 5.75 Å². The number of carbonyl (C=O) groups excluding carboxylic acids is 3. The summed E-state index contributed by atoms with van der Waals surface area (Å²) < 4.78 is 19.4. The topological polar surface area (TPSA) is 75.7 Å². The largest absolute Gasteiger partial charge is 0.489 e.